The molecule has 0 saturated carbocycles. The van der Waals surface area contributed by atoms with Crippen molar-refractivity contribution in [1.29, 1.82) is 0 Å². The molecule has 1 amide bonds. The quantitative estimate of drug-likeness (QED) is 0.942. The van der Waals surface area contributed by atoms with Crippen LogP contribution in [-0.4, -0.2) is 18.0 Å². The monoisotopic (exact) mass is 320 g/mol. The van der Waals surface area contributed by atoms with Crippen molar-refractivity contribution in [2.75, 3.05) is 12.4 Å². The zero-order valence-corrected chi connectivity index (χ0v) is 12.2. The molecule has 0 unspecified atom stereocenters. The summed E-state index contributed by atoms with van der Waals surface area (Å²) < 4.78 is 6.07. The average Bonchev–Trinajstić information content (AvgIpc) is 2.42. The van der Waals surface area contributed by atoms with Gasteiger partial charge in [0.05, 0.1) is 7.11 Å². The van der Waals surface area contributed by atoms with Gasteiger partial charge < -0.3 is 10.1 Å². The van der Waals surface area contributed by atoms with E-state index in [9.17, 15) is 4.79 Å². The lowest BCUT2D eigenvalue weighted by Crippen LogP contribution is -2.13. The van der Waals surface area contributed by atoms with Crippen LogP contribution in [0, 0.1) is 6.92 Å². The maximum absolute atomic E-state index is 12.1. The fourth-order valence-corrected chi connectivity index (χ4v) is 1.88. The fourth-order valence-electron chi connectivity index (χ4n) is 1.63. The van der Waals surface area contributed by atoms with Gasteiger partial charge in [-0.1, -0.05) is 15.9 Å². The van der Waals surface area contributed by atoms with Crippen LogP contribution in [0.4, 0.5) is 5.69 Å². The first kappa shape index (κ1) is 13.5. The van der Waals surface area contributed by atoms with Gasteiger partial charge >= 0.3 is 0 Å². The second kappa shape index (κ2) is 5.84. The van der Waals surface area contributed by atoms with Crippen LogP contribution in [0.2, 0.25) is 0 Å². The Morgan fingerprint density at radius 1 is 1.37 bits per heavy atom. The van der Waals surface area contributed by atoms with E-state index in [1.165, 1.54) is 7.11 Å². The highest BCUT2D eigenvalue weighted by Gasteiger charge is 2.10. The number of nitrogens with one attached hydrogen (secondary N) is 1. The summed E-state index contributed by atoms with van der Waals surface area (Å²) >= 11 is 3.41. The lowest BCUT2D eigenvalue weighted by atomic mass is 10.1. The highest BCUT2D eigenvalue weighted by molar-refractivity contribution is 9.10. The summed E-state index contributed by atoms with van der Waals surface area (Å²) in [6.07, 6.45) is 1.61. The van der Waals surface area contributed by atoms with Gasteiger partial charge in [0.2, 0.25) is 5.88 Å². The molecule has 2 aromatic rings. The Bertz CT molecular complexity index is 614. The molecule has 1 aromatic carbocycles. The highest BCUT2D eigenvalue weighted by Crippen LogP contribution is 2.22. The van der Waals surface area contributed by atoms with Crippen molar-refractivity contribution in [2.24, 2.45) is 0 Å². The van der Waals surface area contributed by atoms with Crippen LogP contribution in [0.3, 0.4) is 0 Å². The number of amides is 1. The summed E-state index contributed by atoms with van der Waals surface area (Å²) in [5.74, 6) is 0.201. The van der Waals surface area contributed by atoms with E-state index in [-0.39, 0.29) is 5.91 Å². The molecule has 1 heterocycles. The fraction of sp³-hybridized carbons (Fsp3) is 0.143. The molecule has 4 nitrogen and oxygen atoms in total. The second-order valence-corrected chi connectivity index (χ2v) is 4.83. The first-order valence-electron chi connectivity index (χ1n) is 5.68. The van der Waals surface area contributed by atoms with E-state index < -0.39 is 0 Å². The molecule has 1 aromatic heterocycles. The third kappa shape index (κ3) is 3.12. The van der Waals surface area contributed by atoms with Gasteiger partial charge in [-0.15, -0.1) is 0 Å². The van der Waals surface area contributed by atoms with Crippen molar-refractivity contribution in [3.05, 3.63) is 52.1 Å². The van der Waals surface area contributed by atoms with E-state index in [0.717, 1.165) is 10.0 Å². The van der Waals surface area contributed by atoms with Crippen LogP contribution in [-0.2, 0) is 0 Å². The lowest BCUT2D eigenvalue weighted by Gasteiger charge is -2.09. The number of methoxy groups -OCH3 is 1. The summed E-state index contributed by atoms with van der Waals surface area (Å²) in [6.45, 7) is 1.94. The SMILES string of the molecule is COc1ncccc1NC(=O)c1ccc(Br)c(C)c1. The smallest absolute Gasteiger partial charge is 0.255 e. The number of carbonyl (C=O) groups is 1. The van der Waals surface area contributed by atoms with Crippen molar-refractivity contribution >= 4 is 27.5 Å². The van der Waals surface area contributed by atoms with Gasteiger partial charge in [-0.3, -0.25) is 4.79 Å². The molecule has 0 bridgehead atoms. The first-order valence-corrected chi connectivity index (χ1v) is 6.47. The minimum atomic E-state index is -0.193. The number of rotatable bonds is 3. The number of aromatic nitrogens is 1. The predicted octanol–water partition coefficient (Wildman–Crippen LogP) is 3.41. The van der Waals surface area contributed by atoms with E-state index in [4.69, 9.17) is 4.74 Å². The van der Waals surface area contributed by atoms with E-state index in [1.54, 1.807) is 24.4 Å². The standard InChI is InChI=1S/C14H13BrN2O2/c1-9-8-10(5-6-11(9)15)13(18)17-12-4-3-7-16-14(12)19-2/h3-8H,1-2H3,(H,17,18). The minimum Gasteiger partial charge on any atom is -0.480 e. The Kier molecular flexibility index (Phi) is 4.16. The molecule has 19 heavy (non-hydrogen) atoms. The molecule has 0 atom stereocenters. The molecule has 2 rings (SSSR count). The van der Waals surface area contributed by atoms with Crippen LogP contribution in [0.1, 0.15) is 15.9 Å². The van der Waals surface area contributed by atoms with Crippen molar-refractivity contribution in [3.8, 4) is 5.88 Å². The third-order valence-corrected chi connectivity index (χ3v) is 3.52. The van der Waals surface area contributed by atoms with Crippen molar-refractivity contribution in [3.63, 3.8) is 0 Å². The summed E-state index contributed by atoms with van der Waals surface area (Å²) in [5, 5.41) is 2.78. The minimum absolute atomic E-state index is 0.193. The molecule has 1 N–H and O–H groups in total. The first-order chi connectivity index (χ1) is 9.11. The summed E-state index contributed by atoms with van der Waals surface area (Å²) in [7, 11) is 1.52. The van der Waals surface area contributed by atoms with E-state index in [2.05, 4.69) is 26.2 Å². The van der Waals surface area contributed by atoms with Gasteiger partial charge in [0.15, 0.2) is 0 Å². The number of nitrogens with zero attached hydrogens (tertiary/aromatic N) is 1. The zero-order valence-electron chi connectivity index (χ0n) is 10.6. The average molecular weight is 321 g/mol. The van der Waals surface area contributed by atoms with E-state index in [0.29, 0.717) is 17.1 Å². The van der Waals surface area contributed by atoms with E-state index in [1.807, 2.05) is 19.1 Å². The molecule has 0 saturated heterocycles. The van der Waals surface area contributed by atoms with Crippen molar-refractivity contribution in [1.82, 2.24) is 4.98 Å². The third-order valence-electron chi connectivity index (χ3n) is 2.63. The summed E-state index contributed by atoms with van der Waals surface area (Å²) in [4.78, 5) is 16.2. The number of anilines is 1. The van der Waals surface area contributed by atoms with Crippen molar-refractivity contribution in [2.45, 2.75) is 6.92 Å². The number of halogens is 1. The second-order valence-electron chi connectivity index (χ2n) is 3.98. The molecule has 5 heteroatoms. The number of hydrogen-bond acceptors (Lipinski definition) is 3. The molecular formula is C14H13BrN2O2. The molecule has 0 aliphatic heterocycles. The predicted molar refractivity (Wildman–Crippen MR) is 77.6 cm³/mol. The Balaban J connectivity index is 2.23. The Morgan fingerprint density at radius 3 is 2.84 bits per heavy atom. The largest absolute Gasteiger partial charge is 0.480 e. The molecular weight excluding hydrogens is 308 g/mol. The number of pyridine rings is 1. The van der Waals surface area contributed by atoms with Crippen LogP contribution >= 0.6 is 15.9 Å². The van der Waals surface area contributed by atoms with Gasteiger partial charge in [0.25, 0.3) is 5.91 Å². The number of ether oxygens (including phenoxy) is 1. The Hall–Kier alpha value is -1.88. The van der Waals surface area contributed by atoms with Crippen LogP contribution in [0.15, 0.2) is 41.0 Å². The highest BCUT2D eigenvalue weighted by atomic mass is 79.9. The molecule has 0 fully saturated rings. The Labute approximate surface area is 119 Å². The van der Waals surface area contributed by atoms with Crippen LogP contribution in [0.25, 0.3) is 0 Å². The topological polar surface area (TPSA) is 51.2 Å². The summed E-state index contributed by atoms with van der Waals surface area (Å²) in [5.41, 5.74) is 2.15. The van der Waals surface area contributed by atoms with Crippen molar-refractivity contribution < 1.29 is 9.53 Å². The van der Waals surface area contributed by atoms with Gasteiger partial charge in [-0.25, -0.2) is 4.98 Å². The molecule has 0 radical (unpaired) electrons. The Morgan fingerprint density at radius 2 is 2.16 bits per heavy atom. The molecule has 98 valence electrons. The maximum Gasteiger partial charge on any atom is 0.255 e. The number of carbonyl (C=O) groups excluding carboxylic acids is 1. The number of hydrogen-bond donors (Lipinski definition) is 1. The molecule has 0 spiro atoms. The normalized spacial score (nSPS) is 10.1. The van der Waals surface area contributed by atoms with Crippen LogP contribution < -0.4 is 10.1 Å². The molecule has 0 aliphatic carbocycles. The van der Waals surface area contributed by atoms with E-state index >= 15 is 0 Å². The van der Waals surface area contributed by atoms with Gasteiger partial charge in [0, 0.05) is 16.2 Å². The van der Waals surface area contributed by atoms with Gasteiger partial charge in [0.1, 0.15) is 5.69 Å². The maximum atomic E-state index is 12.1. The van der Waals surface area contributed by atoms with Gasteiger partial charge in [-0.2, -0.15) is 0 Å². The zero-order chi connectivity index (χ0) is 13.8. The van der Waals surface area contributed by atoms with Gasteiger partial charge in [-0.05, 0) is 42.8 Å². The lowest BCUT2D eigenvalue weighted by molar-refractivity contribution is 0.102. The number of benzene rings is 1. The summed E-state index contributed by atoms with van der Waals surface area (Å²) in [6, 6.07) is 8.92. The molecule has 0 aliphatic rings. The number of aryl methyl sites for hydroxylation is 1. The van der Waals surface area contributed by atoms with Crippen LogP contribution in [0.5, 0.6) is 5.88 Å².